The molecule has 1 aromatic carbocycles. The van der Waals surface area contributed by atoms with Crippen LogP contribution in [0.25, 0.3) is 4.13 Å². The number of rotatable bonds is 16. The Morgan fingerprint density at radius 2 is 0.560 bits per heavy atom. The molecular formula is C58H102BF25N15O10P3S4. The fourth-order valence-electron chi connectivity index (χ4n) is 6.70. The van der Waals surface area contributed by atoms with Crippen LogP contribution in [0, 0.1) is 6.92 Å². The van der Waals surface area contributed by atoms with Crippen molar-refractivity contribution in [2.45, 2.75) is 150 Å². The molecule has 0 amide bonds. The number of benzene rings is 1. The Morgan fingerprint density at radius 1 is 0.371 bits per heavy atom. The third-order valence-electron chi connectivity index (χ3n) is 11.5. The molecule has 58 heteroatoms. The first-order valence-corrected chi connectivity index (χ1v) is 45.5. The zero-order valence-electron chi connectivity index (χ0n) is 65.9. The monoisotopic (exact) mass is 1880 g/mol. The van der Waals surface area contributed by atoms with Crippen molar-refractivity contribution < 1.29 is 181 Å². The van der Waals surface area contributed by atoms with Crippen molar-refractivity contribution in [3.8, 4) is 0 Å². The standard InChI is InChI=1S/C10H19N2.C8H15N2.C7H8O3S.5C6H11N2.C2H3F3NO4S2.CH4O3S.BF4.3F6P/c1-3-4-5-6-7-12-9-8-11(2)10-12;1-3-4-5-10-7-6-9(2)8-10;1-6-2-4-7(5-3-6)11(8,9)10;5*1-3-8-5-4-7(2)6-8;1-11(7,8)6-12(9,10)2(3,4)5;1-5(2,3)4;2-1(3,4)5;3*1-7(2,3,4,5)6/h8-10H,3-7H2,1-2H3;6-8H,3-5H2,1-2H3;2-5H,1H3,(H,8,9,10);5*4-6H,3H2,1-2H3;1H3;1H3,(H,2,3,4);;;;/q2*+1;;5*+1;-1;;4*-1/p-2. The van der Waals surface area contributed by atoms with E-state index < -0.39 is 76.5 Å². The Bertz CT molecular complexity index is 4170. The SMILES string of the molecule is CCCCCCn1cc[n+](C)c1.CCCCn1cc[n+](C)c1.CCn1cc[n+](C)c1.CCn1cc[n+](C)c1.CCn1cc[n+](C)c1.CCn1cc[n+](C)c1.CCn1cc[n+](C)c1.CS(=O)(=O)[N-]S(=O)(=O)C(F)(F)F.CS(=O)(=O)[O-].Cc1ccc(S(=O)(=O)[O-])cc1.F[B-](F)(F)F.F[P-](F)(F)(F)(F)F.F[P-](F)(F)(F)(F)F.F[P-](F)(F)(F)(F)F. The summed E-state index contributed by atoms with van der Waals surface area (Å²) in [6, 6.07) is 5.78. The molecule has 8 rings (SSSR count). The van der Waals surface area contributed by atoms with Gasteiger partial charge in [-0.25, -0.2) is 97.6 Å². The number of nitrogens with zero attached hydrogens (tertiary/aromatic N) is 15. The number of aromatic nitrogens is 14. The van der Waals surface area contributed by atoms with Crippen LogP contribution in [-0.4, -0.2) is 100 Å². The van der Waals surface area contributed by atoms with Crippen LogP contribution < -0.4 is 32.0 Å². The van der Waals surface area contributed by atoms with Crippen LogP contribution in [0.3, 0.4) is 0 Å². The molecule has 25 nitrogen and oxygen atoms in total. The molecule has 0 bridgehead atoms. The second kappa shape index (κ2) is 47.7. The first-order chi connectivity index (χ1) is 51.1. The Balaban J connectivity index is -0.000000283. The number of alkyl halides is 3. The van der Waals surface area contributed by atoms with Crippen molar-refractivity contribution in [1.82, 2.24) is 32.0 Å². The van der Waals surface area contributed by atoms with Gasteiger partial charge in [-0.1, -0.05) is 50.8 Å². The van der Waals surface area contributed by atoms with Gasteiger partial charge < -0.3 is 30.5 Å². The minimum absolute atomic E-state index is 0.178. The van der Waals surface area contributed by atoms with Gasteiger partial charge in [0.2, 0.25) is 44.3 Å². The fraction of sp³-hybridized carbons (Fsp3) is 0.534. The average Bonchev–Trinajstić information content (AvgIpc) is 1.75. The molecule has 8 aromatic rings. The average molecular weight is 1880 g/mol. The predicted octanol–water partition coefficient (Wildman–Crippen LogP) is 16.3. The molecule has 0 aliphatic carbocycles. The molecule has 0 aliphatic heterocycles. The maximum absolute atomic E-state index is 11.4. The van der Waals surface area contributed by atoms with Gasteiger partial charge in [0.25, 0.3) is 0 Å². The van der Waals surface area contributed by atoms with E-state index in [1.54, 1.807) is 16.3 Å². The van der Waals surface area contributed by atoms with Crippen LogP contribution in [0.2, 0.25) is 0 Å². The third-order valence-corrected chi connectivity index (χ3v) is 14.8. The molecule has 0 aliphatic rings. The molecule has 0 saturated carbocycles. The zero-order valence-corrected chi connectivity index (χ0v) is 71.9. The number of unbranched alkanes of at least 4 members (excludes halogenated alkanes) is 4. The number of aryl methyl sites for hydroxylation is 15. The molecule has 0 radical (unpaired) electrons. The van der Waals surface area contributed by atoms with E-state index in [9.17, 15) is 136 Å². The summed E-state index contributed by atoms with van der Waals surface area (Å²) in [5, 5.41) is 0. The number of halogens is 25. The van der Waals surface area contributed by atoms with Gasteiger partial charge in [-0.05, 0) is 72.9 Å². The zero-order chi connectivity index (χ0) is 93.0. The number of sulfonamides is 2. The van der Waals surface area contributed by atoms with E-state index in [2.05, 4.69) is 197 Å². The van der Waals surface area contributed by atoms with Gasteiger partial charge >= 0.3 is 112 Å². The van der Waals surface area contributed by atoms with Crippen molar-refractivity contribution in [1.29, 1.82) is 0 Å². The van der Waals surface area contributed by atoms with Gasteiger partial charge in [0, 0.05) is 12.5 Å². The van der Waals surface area contributed by atoms with Crippen LogP contribution in [0.15, 0.2) is 160 Å². The molecular weight excluding hydrogens is 1770 g/mol. The summed E-state index contributed by atoms with van der Waals surface area (Å²) in [5.74, 6) is 0. The molecule has 7 heterocycles. The molecule has 0 atom stereocenters. The van der Waals surface area contributed by atoms with E-state index in [0.717, 1.165) is 44.8 Å². The Morgan fingerprint density at radius 3 is 0.690 bits per heavy atom. The first-order valence-electron chi connectivity index (χ1n) is 32.9. The molecule has 0 unspecified atom stereocenters. The van der Waals surface area contributed by atoms with Gasteiger partial charge in [-0.3, -0.25) is 0 Å². The van der Waals surface area contributed by atoms with E-state index in [1.165, 1.54) is 57.2 Å². The summed E-state index contributed by atoms with van der Waals surface area (Å²) in [6.07, 6.45) is 52.1. The summed E-state index contributed by atoms with van der Waals surface area (Å²) in [7, 11) is -42.4. The quantitative estimate of drug-likeness (QED) is 0.0221. The van der Waals surface area contributed by atoms with Crippen molar-refractivity contribution in [2.24, 2.45) is 49.3 Å². The molecule has 116 heavy (non-hydrogen) atoms. The fourth-order valence-corrected chi connectivity index (χ4v) is 8.93. The van der Waals surface area contributed by atoms with Gasteiger partial charge in [-0.2, -0.15) is 13.2 Å². The summed E-state index contributed by atoms with van der Waals surface area (Å²) < 4.78 is 380. The van der Waals surface area contributed by atoms with Gasteiger partial charge in [0.05, 0.1) is 120 Å². The maximum atomic E-state index is 11.4. The van der Waals surface area contributed by atoms with Crippen LogP contribution in [-0.2, 0) is 135 Å². The van der Waals surface area contributed by atoms with E-state index >= 15 is 0 Å². The Labute approximate surface area is 657 Å². The van der Waals surface area contributed by atoms with E-state index in [1.807, 2.05) is 103 Å². The molecule has 0 fully saturated rings. The topological polar surface area (TPSA) is 258 Å². The van der Waals surface area contributed by atoms with Crippen LogP contribution in [0.4, 0.5) is 106 Å². The second-order valence-electron chi connectivity index (χ2n) is 23.7. The number of imidazole rings is 7. The third kappa shape index (κ3) is 105. The summed E-state index contributed by atoms with van der Waals surface area (Å²) in [4.78, 5) is -0.178. The van der Waals surface area contributed by atoms with E-state index in [4.69, 9.17) is 13.0 Å². The minimum atomic E-state index is -10.7. The van der Waals surface area contributed by atoms with Crippen molar-refractivity contribution in [3.05, 3.63) is 165 Å². The summed E-state index contributed by atoms with van der Waals surface area (Å²) in [5.41, 5.74) is -4.74. The summed E-state index contributed by atoms with van der Waals surface area (Å²) in [6.45, 7) is 24.5. The van der Waals surface area contributed by atoms with Crippen molar-refractivity contribution in [2.75, 3.05) is 12.5 Å². The summed E-state index contributed by atoms with van der Waals surface area (Å²) >= 11 is 0. The number of hydrogen-bond donors (Lipinski definition) is 0. The normalized spacial score (nSPS) is 13.1. The Kier molecular flexibility index (Phi) is 49.3. The van der Waals surface area contributed by atoms with Gasteiger partial charge in [0.1, 0.15) is 96.9 Å². The number of hydrogen-bond acceptors (Lipinski definition) is 10. The predicted molar refractivity (Wildman–Crippen MR) is 386 cm³/mol. The molecule has 0 N–H and O–H groups in total. The molecule has 0 spiro atoms. The van der Waals surface area contributed by atoms with Crippen LogP contribution in [0.1, 0.15) is 92.6 Å². The van der Waals surface area contributed by atoms with E-state index in [0.29, 0.717) is 6.26 Å². The van der Waals surface area contributed by atoms with Crippen molar-refractivity contribution in [3.63, 3.8) is 0 Å². The molecule has 686 valence electrons. The van der Waals surface area contributed by atoms with Gasteiger partial charge in [-0.15, -0.1) is 0 Å². The molecule has 0 saturated heterocycles. The van der Waals surface area contributed by atoms with Crippen LogP contribution in [0.5, 0.6) is 0 Å². The Hall–Kier alpha value is -7.03. The second-order valence-corrected chi connectivity index (χ2v) is 35.7. The van der Waals surface area contributed by atoms with E-state index in [-0.39, 0.29) is 11.2 Å². The van der Waals surface area contributed by atoms with Crippen LogP contribution >= 0.6 is 23.4 Å². The van der Waals surface area contributed by atoms with Crippen molar-refractivity contribution >= 4 is 71.0 Å². The molecule has 7 aromatic heterocycles. The van der Waals surface area contributed by atoms with Gasteiger partial charge in [0.15, 0.2) is 10.0 Å². The first kappa shape index (κ1) is 120.